The fourth-order valence-electron chi connectivity index (χ4n) is 4.69. The number of methoxy groups -OCH3 is 1. The normalized spacial score (nSPS) is 15.0. The highest BCUT2D eigenvalue weighted by Crippen LogP contribution is 2.46. The Labute approximate surface area is 246 Å². The number of rotatable bonds is 15. The maximum atomic E-state index is 13.5. The molecule has 0 saturated heterocycles. The van der Waals surface area contributed by atoms with Gasteiger partial charge in [-0.2, -0.15) is 0 Å². The molecule has 230 valence electrons. The number of aliphatic carboxylic acids is 1. The van der Waals surface area contributed by atoms with Crippen molar-refractivity contribution in [3.05, 3.63) is 46.5 Å². The van der Waals surface area contributed by atoms with Crippen LogP contribution in [0.5, 0.6) is 11.5 Å². The van der Waals surface area contributed by atoms with Gasteiger partial charge < -0.3 is 19.7 Å². The lowest BCUT2D eigenvalue weighted by Crippen LogP contribution is -2.48. The number of phenols is 1. The molecule has 2 rings (SSSR count). The number of carboxylic acids is 1. The zero-order valence-corrected chi connectivity index (χ0v) is 27.5. The molecule has 0 saturated carbocycles. The number of carbonyl (C=O) groups is 1. The van der Waals surface area contributed by atoms with E-state index in [1.54, 1.807) is 6.92 Å². The Bertz CT molecular complexity index is 1200. The summed E-state index contributed by atoms with van der Waals surface area (Å²) in [5.41, 5.74) is 4.38. The molecule has 2 unspecified atom stereocenters. The van der Waals surface area contributed by atoms with E-state index in [1.165, 1.54) is 14.0 Å². The molecule has 0 fully saturated rings. The average molecular weight is 592 g/mol. The van der Waals surface area contributed by atoms with Gasteiger partial charge in [-0.3, -0.25) is 13.9 Å². The van der Waals surface area contributed by atoms with Crippen LogP contribution in [0.3, 0.4) is 0 Å². The van der Waals surface area contributed by atoms with E-state index in [0.717, 1.165) is 33.4 Å². The molecule has 3 N–H and O–H groups in total. The summed E-state index contributed by atoms with van der Waals surface area (Å²) >= 11 is 0. The number of hydrogen-bond acceptors (Lipinski definition) is 6. The van der Waals surface area contributed by atoms with E-state index in [2.05, 4.69) is 84.7 Å². The quantitative estimate of drug-likeness (QED) is 0.139. The molecule has 8 nitrogen and oxygen atoms in total. The second-order valence-electron chi connectivity index (χ2n) is 12.2. The van der Waals surface area contributed by atoms with Gasteiger partial charge in [0, 0.05) is 7.11 Å². The van der Waals surface area contributed by atoms with E-state index in [1.807, 2.05) is 0 Å². The minimum atomic E-state index is -3.72. The number of aromatic hydroxyl groups is 1. The molecular weight excluding hydrogens is 541 g/mol. The Balaban J connectivity index is 2.56. The van der Waals surface area contributed by atoms with Crippen LogP contribution in [-0.2, 0) is 18.6 Å². The first-order chi connectivity index (χ1) is 19.0. The number of hydrogen-bond donors (Lipinski definition) is 3. The fraction of sp³-hybridized carbons (Fsp3) is 0.594. The van der Waals surface area contributed by atoms with Crippen LogP contribution in [0.25, 0.3) is 11.1 Å². The maximum Gasteiger partial charge on any atom is 0.324 e. The van der Waals surface area contributed by atoms with Crippen molar-refractivity contribution in [3.8, 4) is 22.6 Å². The lowest BCUT2D eigenvalue weighted by Gasteiger charge is -2.30. The van der Waals surface area contributed by atoms with Gasteiger partial charge in [0.1, 0.15) is 23.4 Å². The first-order valence-corrected chi connectivity index (χ1v) is 16.2. The largest absolute Gasteiger partial charge is 0.507 e. The van der Waals surface area contributed by atoms with Crippen molar-refractivity contribution in [1.29, 1.82) is 0 Å². The van der Waals surface area contributed by atoms with Crippen LogP contribution in [0, 0.1) is 0 Å². The van der Waals surface area contributed by atoms with Gasteiger partial charge in [-0.15, -0.1) is 0 Å². The standard InChI is InChI=1S/C32H50NO7P/c1-12-32(10,31(35)36)33-41(37,18-38-11)40-17-39-30-27(21(6)7)15-24(16-28(30)22(8)9)23-13-25(19(2)3)29(34)26(14-23)20(4)5/h13-16,19-22,34H,12,17-18H2,1-11H3,(H,33,37)(H,35,36). The summed E-state index contributed by atoms with van der Waals surface area (Å²) in [7, 11) is -2.34. The predicted octanol–water partition coefficient (Wildman–Crippen LogP) is 8.55. The molecule has 2 aromatic carbocycles. The molecule has 0 radical (unpaired) electrons. The maximum absolute atomic E-state index is 13.5. The zero-order valence-electron chi connectivity index (χ0n) is 26.6. The van der Waals surface area contributed by atoms with Gasteiger partial charge in [0.2, 0.25) is 0 Å². The molecule has 0 aromatic heterocycles. The van der Waals surface area contributed by atoms with Crippen LogP contribution in [0.15, 0.2) is 24.3 Å². The Morgan fingerprint density at radius 2 is 1.29 bits per heavy atom. The summed E-state index contributed by atoms with van der Waals surface area (Å²) in [5.74, 6) is 0.422. The Morgan fingerprint density at radius 1 is 0.878 bits per heavy atom. The summed E-state index contributed by atoms with van der Waals surface area (Å²) in [6, 6.07) is 8.36. The van der Waals surface area contributed by atoms with Gasteiger partial charge in [-0.1, -0.05) is 62.3 Å². The third-order valence-corrected chi connectivity index (χ3v) is 9.45. The molecule has 0 bridgehead atoms. The van der Waals surface area contributed by atoms with Gasteiger partial charge in [-0.25, -0.2) is 5.09 Å². The Kier molecular flexibility index (Phi) is 12.1. The molecule has 0 spiro atoms. The predicted molar refractivity (Wildman–Crippen MR) is 165 cm³/mol. The lowest BCUT2D eigenvalue weighted by molar-refractivity contribution is -0.143. The van der Waals surface area contributed by atoms with Crippen molar-refractivity contribution >= 4 is 13.5 Å². The van der Waals surface area contributed by atoms with Gasteiger partial charge in [0.05, 0.1) is 0 Å². The van der Waals surface area contributed by atoms with E-state index in [-0.39, 0.29) is 43.2 Å². The monoisotopic (exact) mass is 591 g/mol. The van der Waals surface area contributed by atoms with Crippen molar-refractivity contribution in [3.63, 3.8) is 0 Å². The van der Waals surface area contributed by atoms with Crippen LogP contribution in [0.4, 0.5) is 0 Å². The first-order valence-electron chi connectivity index (χ1n) is 14.4. The van der Waals surface area contributed by atoms with Crippen molar-refractivity contribution in [1.82, 2.24) is 5.09 Å². The molecule has 0 aliphatic carbocycles. The number of carboxylic acid groups (broad SMARTS) is 1. The fourth-order valence-corrected chi connectivity index (χ4v) is 6.46. The van der Waals surface area contributed by atoms with Crippen LogP contribution in [0.1, 0.15) is 122 Å². The number of nitrogens with one attached hydrogen (secondary N) is 1. The lowest BCUT2D eigenvalue weighted by atomic mass is 9.86. The molecule has 0 amide bonds. The van der Waals surface area contributed by atoms with E-state index >= 15 is 0 Å². The highest BCUT2D eigenvalue weighted by molar-refractivity contribution is 7.56. The van der Waals surface area contributed by atoms with E-state index in [0.29, 0.717) is 11.5 Å². The van der Waals surface area contributed by atoms with Crippen LogP contribution in [-0.4, -0.2) is 42.0 Å². The molecule has 9 heteroatoms. The van der Waals surface area contributed by atoms with Gasteiger partial charge >= 0.3 is 5.97 Å². The molecule has 2 aromatic rings. The van der Waals surface area contributed by atoms with E-state index in [9.17, 15) is 19.6 Å². The summed E-state index contributed by atoms with van der Waals surface area (Å²) < 4.78 is 30.6. The Morgan fingerprint density at radius 3 is 1.63 bits per heavy atom. The van der Waals surface area contributed by atoms with Crippen molar-refractivity contribution in [2.24, 2.45) is 0 Å². The number of ether oxygens (including phenoxy) is 2. The molecule has 0 aliphatic rings. The van der Waals surface area contributed by atoms with Crippen molar-refractivity contribution in [2.75, 3.05) is 20.3 Å². The summed E-state index contributed by atoms with van der Waals surface area (Å²) in [6.07, 6.45) is -0.103. The molecule has 2 atom stereocenters. The third-order valence-electron chi connectivity index (χ3n) is 7.50. The van der Waals surface area contributed by atoms with E-state index < -0.39 is 19.0 Å². The topological polar surface area (TPSA) is 114 Å². The summed E-state index contributed by atoms with van der Waals surface area (Å²) in [4.78, 5) is 11.8. The van der Waals surface area contributed by atoms with Crippen LogP contribution < -0.4 is 9.82 Å². The Hall–Kier alpha value is -2.38. The zero-order chi connectivity index (χ0) is 31.3. The average Bonchev–Trinajstić information content (AvgIpc) is 2.87. The van der Waals surface area contributed by atoms with Gasteiger partial charge in [0.15, 0.2) is 6.79 Å². The van der Waals surface area contributed by atoms with Crippen molar-refractivity contribution in [2.45, 2.75) is 105 Å². The van der Waals surface area contributed by atoms with Gasteiger partial charge in [-0.05, 0) is 94.7 Å². The minimum absolute atomic E-state index is 0.105. The molecule has 41 heavy (non-hydrogen) atoms. The van der Waals surface area contributed by atoms with Crippen LogP contribution in [0.2, 0.25) is 0 Å². The second kappa shape index (κ2) is 14.2. The van der Waals surface area contributed by atoms with Crippen LogP contribution >= 0.6 is 7.52 Å². The summed E-state index contributed by atoms with van der Waals surface area (Å²) in [5, 5.41) is 23.3. The first kappa shape index (κ1) is 34.8. The highest BCUT2D eigenvalue weighted by Gasteiger charge is 2.39. The second-order valence-corrected chi connectivity index (χ2v) is 14.3. The highest BCUT2D eigenvalue weighted by atomic mass is 31.2. The SMILES string of the molecule is CCC(C)(NP(=O)(COC)OCOc1c(C(C)C)cc(-c2cc(C(C)C)c(O)c(C(C)C)c2)cc1C(C)C)C(=O)O. The minimum Gasteiger partial charge on any atom is -0.507 e. The number of benzene rings is 2. The van der Waals surface area contributed by atoms with Gasteiger partial charge in [0.25, 0.3) is 7.52 Å². The summed E-state index contributed by atoms with van der Waals surface area (Å²) in [6.45, 7) is 19.5. The van der Waals surface area contributed by atoms with Crippen molar-refractivity contribution < 1.29 is 33.6 Å². The molecular formula is C32H50NO7P. The molecule has 0 aliphatic heterocycles. The van der Waals surface area contributed by atoms with E-state index in [4.69, 9.17) is 14.0 Å². The smallest absolute Gasteiger partial charge is 0.324 e. The molecule has 0 heterocycles. The number of phenolic OH excluding ortho intramolecular Hbond substituents is 1. The third kappa shape index (κ3) is 8.35.